The maximum atomic E-state index is 11.7. The van der Waals surface area contributed by atoms with E-state index in [0.29, 0.717) is 24.8 Å². The molecular formula is C61H117N2O14P. The summed E-state index contributed by atoms with van der Waals surface area (Å²) in [6.07, 6.45) is 54.6. The summed E-state index contributed by atoms with van der Waals surface area (Å²) in [5.41, 5.74) is -0.918. The van der Waals surface area contributed by atoms with Crippen LogP contribution in [0.4, 0.5) is 0 Å². The minimum atomic E-state index is -4.67. The van der Waals surface area contributed by atoms with Crippen LogP contribution in [0.25, 0.3) is 0 Å². The number of aliphatic hydroxyl groups is 1. The zero-order valence-corrected chi connectivity index (χ0v) is 50.8. The number of phosphoric acid groups is 1. The minimum Gasteiger partial charge on any atom is -0.481 e. The number of ether oxygens (including phenoxy) is 1. The number of aryl methyl sites for hydroxylation is 1. The Morgan fingerprint density at radius 3 is 1.01 bits per heavy atom. The molecule has 2 rings (SSSR count). The summed E-state index contributed by atoms with van der Waals surface area (Å²) in [6, 6.07) is 0. The highest BCUT2D eigenvalue weighted by molar-refractivity contribution is 7.46. The minimum absolute atomic E-state index is 0.0283. The molecule has 0 spiro atoms. The zero-order valence-electron chi connectivity index (χ0n) is 49.9. The molecule has 16 nitrogen and oxygen atoms in total. The quantitative estimate of drug-likeness (QED) is 0.0236. The summed E-state index contributed by atoms with van der Waals surface area (Å²) in [7, 11) is -4.67. The highest BCUT2D eigenvalue weighted by Gasteiger charge is 2.37. The molecule has 1 aromatic rings. The molecule has 1 fully saturated rings. The Bertz CT molecular complexity index is 1600. The van der Waals surface area contributed by atoms with Gasteiger partial charge in [0.2, 0.25) is 0 Å². The normalized spacial score (nSPS) is 14.9. The molecule has 460 valence electrons. The van der Waals surface area contributed by atoms with E-state index in [0.717, 1.165) is 43.1 Å². The smallest absolute Gasteiger partial charge is 0.469 e. The molecule has 17 heteroatoms. The first-order valence-corrected chi connectivity index (χ1v) is 33.0. The summed E-state index contributed by atoms with van der Waals surface area (Å²) in [5.74, 6) is -1.96. The van der Waals surface area contributed by atoms with Crippen LogP contribution in [-0.4, -0.2) is 76.5 Å². The van der Waals surface area contributed by atoms with Gasteiger partial charge >= 0.3 is 31.4 Å². The number of aliphatic carboxylic acids is 3. The standard InChI is InChI=1S/3C17H34O2.C10H15N2O8P/c3*1-2-3-4-5-6-7-8-9-10-11-12-13-14-15-16-17(18)19;1-5-3-12(10(15)11-9(5)14)8-2-6(13)7(20-8)4-19-21(16,17)18/h3*2-16H2,1H3,(H,18,19);3,6-8,13H,2,4H2,1H3,(H,11,14,15)(H2,16,17,18)/t;;;6-,7+,8+/m...0/s1. The molecule has 1 aromatic heterocycles. The van der Waals surface area contributed by atoms with Crippen LogP contribution >= 0.6 is 7.82 Å². The third-order valence-electron chi connectivity index (χ3n) is 14.3. The maximum Gasteiger partial charge on any atom is 0.469 e. The number of carbonyl (C=O) groups is 3. The van der Waals surface area contributed by atoms with Gasteiger partial charge in [-0.05, 0) is 26.2 Å². The number of phosphoric ester groups is 1. The highest BCUT2D eigenvalue weighted by atomic mass is 31.2. The number of H-pyrrole nitrogens is 1. The van der Waals surface area contributed by atoms with E-state index >= 15 is 0 Å². The lowest BCUT2D eigenvalue weighted by molar-refractivity contribution is -0.138. The zero-order chi connectivity index (χ0) is 58.3. The number of rotatable bonds is 49. The van der Waals surface area contributed by atoms with Gasteiger partial charge in [0.15, 0.2) is 0 Å². The van der Waals surface area contributed by atoms with Gasteiger partial charge in [-0.1, -0.05) is 271 Å². The van der Waals surface area contributed by atoms with Crippen LogP contribution in [-0.2, 0) is 28.2 Å². The van der Waals surface area contributed by atoms with Crippen molar-refractivity contribution in [2.45, 2.75) is 341 Å². The van der Waals surface area contributed by atoms with Gasteiger partial charge in [-0.2, -0.15) is 0 Å². The number of nitrogens with one attached hydrogen (secondary N) is 1. The van der Waals surface area contributed by atoms with Crippen molar-refractivity contribution >= 4 is 25.7 Å². The first kappa shape index (κ1) is 77.2. The topological polar surface area (TPSA) is 263 Å². The fourth-order valence-corrected chi connectivity index (χ4v) is 9.76. The van der Waals surface area contributed by atoms with Crippen LogP contribution in [0, 0.1) is 6.92 Å². The summed E-state index contributed by atoms with van der Waals surface area (Å²) in [4.78, 5) is 73.3. The van der Waals surface area contributed by atoms with Crippen LogP contribution in [0.15, 0.2) is 15.8 Å². The van der Waals surface area contributed by atoms with Crippen molar-refractivity contribution in [3.63, 3.8) is 0 Å². The molecule has 1 aliphatic heterocycles. The average Bonchev–Trinajstić information content (AvgIpc) is 3.77. The highest BCUT2D eigenvalue weighted by Crippen LogP contribution is 2.38. The molecule has 1 saturated heterocycles. The van der Waals surface area contributed by atoms with Crippen LogP contribution in [0.3, 0.4) is 0 Å². The van der Waals surface area contributed by atoms with E-state index in [1.165, 1.54) is 244 Å². The molecule has 2 heterocycles. The van der Waals surface area contributed by atoms with Crippen molar-refractivity contribution in [3.05, 3.63) is 32.6 Å². The van der Waals surface area contributed by atoms with E-state index in [1.807, 2.05) is 0 Å². The third kappa shape index (κ3) is 55.0. The van der Waals surface area contributed by atoms with E-state index in [4.69, 9.17) is 29.8 Å². The number of carboxylic acids is 3. The van der Waals surface area contributed by atoms with E-state index in [9.17, 15) is 33.6 Å². The molecule has 7 N–H and O–H groups in total. The Morgan fingerprint density at radius 2 is 0.769 bits per heavy atom. The van der Waals surface area contributed by atoms with Crippen LogP contribution in [0.2, 0.25) is 0 Å². The molecule has 0 radical (unpaired) electrons. The number of aromatic nitrogens is 2. The Hall–Kier alpha value is -2.88. The monoisotopic (exact) mass is 1130 g/mol. The lowest BCUT2D eigenvalue weighted by Gasteiger charge is -2.16. The maximum absolute atomic E-state index is 11.7. The second kappa shape index (κ2) is 56.0. The number of hydrogen-bond acceptors (Lipinski definition) is 9. The summed E-state index contributed by atoms with van der Waals surface area (Å²) >= 11 is 0. The predicted molar refractivity (Wildman–Crippen MR) is 316 cm³/mol. The van der Waals surface area contributed by atoms with Gasteiger partial charge in [0.05, 0.1) is 12.7 Å². The number of hydrogen-bond donors (Lipinski definition) is 7. The fourth-order valence-electron chi connectivity index (χ4n) is 9.42. The fraction of sp³-hybridized carbons (Fsp3) is 0.885. The molecule has 0 aromatic carbocycles. The van der Waals surface area contributed by atoms with E-state index in [2.05, 4.69) is 30.3 Å². The number of carboxylic acid groups (broad SMARTS) is 3. The van der Waals surface area contributed by atoms with Gasteiger partial charge in [-0.25, -0.2) is 9.36 Å². The van der Waals surface area contributed by atoms with Crippen molar-refractivity contribution < 1.29 is 58.4 Å². The Labute approximate surface area is 472 Å². The number of nitrogens with zero attached hydrogens (tertiary/aromatic N) is 1. The SMILES string of the molecule is CCCCCCCCCCCCCCCCC(=O)O.CCCCCCCCCCCCCCCCC(=O)O.CCCCCCCCCCCCCCCCC(=O)O.Cc1cn([C@H]2C[C@H](O)[C@@H](COP(=O)(O)O)O2)c(=O)[nH]c1=O. The van der Waals surface area contributed by atoms with E-state index in [-0.39, 0.29) is 6.42 Å². The first-order valence-electron chi connectivity index (χ1n) is 31.5. The van der Waals surface area contributed by atoms with Crippen molar-refractivity contribution in [2.75, 3.05) is 6.61 Å². The first-order chi connectivity index (χ1) is 37.5. The summed E-state index contributed by atoms with van der Waals surface area (Å²) < 4.78 is 21.4. The molecule has 0 amide bonds. The van der Waals surface area contributed by atoms with Crippen molar-refractivity contribution in [1.82, 2.24) is 9.55 Å². The van der Waals surface area contributed by atoms with E-state index in [1.54, 1.807) is 0 Å². The lowest BCUT2D eigenvalue weighted by Crippen LogP contribution is -2.33. The Balaban J connectivity index is 0. The van der Waals surface area contributed by atoms with Crippen LogP contribution in [0.5, 0.6) is 0 Å². The van der Waals surface area contributed by atoms with Gasteiger partial charge in [0.25, 0.3) is 5.56 Å². The van der Waals surface area contributed by atoms with E-state index < -0.39 is 62.0 Å². The Kier molecular flexibility index (Phi) is 55.4. The second-order valence-electron chi connectivity index (χ2n) is 21.9. The number of aromatic amines is 1. The molecule has 1 aliphatic rings. The van der Waals surface area contributed by atoms with Gasteiger partial charge in [-0.15, -0.1) is 0 Å². The Morgan fingerprint density at radius 1 is 0.513 bits per heavy atom. The third-order valence-corrected chi connectivity index (χ3v) is 14.8. The van der Waals surface area contributed by atoms with Crippen LogP contribution in [0.1, 0.15) is 328 Å². The second-order valence-corrected chi connectivity index (χ2v) is 23.2. The predicted octanol–water partition coefficient (Wildman–Crippen LogP) is 16.4. The summed E-state index contributed by atoms with van der Waals surface area (Å²) in [6.45, 7) is 7.79. The average molecular weight is 1130 g/mol. The molecule has 0 bridgehead atoms. The molecule has 78 heavy (non-hydrogen) atoms. The van der Waals surface area contributed by atoms with Crippen LogP contribution < -0.4 is 11.2 Å². The van der Waals surface area contributed by atoms with Gasteiger partial charge < -0.3 is 34.9 Å². The summed E-state index contributed by atoms with van der Waals surface area (Å²) in [5, 5.41) is 35.3. The van der Waals surface area contributed by atoms with Crippen molar-refractivity contribution in [2.24, 2.45) is 0 Å². The number of aliphatic hydroxyl groups excluding tert-OH is 1. The van der Waals surface area contributed by atoms with Gasteiger partial charge in [0, 0.05) is 37.4 Å². The molecule has 3 atom stereocenters. The van der Waals surface area contributed by atoms with Crippen molar-refractivity contribution in [3.8, 4) is 0 Å². The van der Waals surface area contributed by atoms with Gasteiger partial charge in [-0.3, -0.25) is 33.3 Å². The lowest BCUT2D eigenvalue weighted by atomic mass is 10.0. The number of unbranched alkanes of at least 4 members (excludes halogenated alkanes) is 39. The van der Waals surface area contributed by atoms with Gasteiger partial charge in [0.1, 0.15) is 12.3 Å². The molecule has 0 saturated carbocycles. The largest absolute Gasteiger partial charge is 0.481 e. The molecule has 0 unspecified atom stereocenters. The molecular weight excluding hydrogens is 1020 g/mol. The molecule has 0 aliphatic carbocycles. The van der Waals surface area contributed by atoms with Crippen molar-refractivity contribution in [1.29, 1.82) is 0 Å².